The number of carbonyl (C=O) groups excluding carboxylic acids is 1. The summed E-state index contributed by atoms with van der Waals surface area (Å²) in [6.07, 6.45) is 5.10. The molecule has 0 saturated heterocycles. The molecule has 2 heterocycles. The molecule has 0 aliphatic carbocycles. The van der Waals surface area contributed by atoms with Crippen LogP contribution in [0, 0.1) is 6.92 Å². The lowest BCUT2D eigenvalue weighted by Gasteiger charge is -2.09. The Balaban J connectivity index is 1.53. The zero-order valence-electron chi connectivity index (χ0n) is 15.5. The SMILES string of the molecule is COc1ccc(C)cc1-n1ccc(C(=O)Nc2cnn(-c3ccccc3)c2)n1. The molecular formula is C21H19N5O2. The minimum Gasteiger partial charge on any atom is -0.494 e. The quantitative estimate of drug-likeness (QED) is 0.580. The fourth-order valence-corrected chi connectivity index (χ4v) is 2.86. The monoisotopic (exact) mass is 373 g/mol. The largest absolute Gasteiger partial charge is 0.494 e. The molecule has 0 fully saturated rings. The van der Waals surface area contributed by atoms with Crippen molar-refractivity contribution in [3.63, 3.8) is 0 Å². The summed E-state index contributed by atoms with van der Waals surface area (Å²) in [5, 5.41) is 11.5. The van der Waals surface area contributed by atoms with E-state index in [2.05, 4.69) is 15.5 Å². The van der Waals surface area contributed by atoms with Gasteiger partial charge in [-0.25, -0.2) is 9.36 Å². The molecule has 2 aromatic carbocycles. The van der Waals surface area contributed by atoms with E-state index < -0.39 is 0 Å². The van der Waals surface area contributed by atoms with Gasteiger partial charge in [0.15, 0.2) is 5.69 Å². The Morgan fingerprint density at radius 2 is 1.89 bits per heavy atom. The highest BCUT2D eigenvalue weighted by Crippen LogP contribution is 2.23. The van der Waals surface area contributed by atoms with Crippen molar-refractivity contribution >= 4 is 11.6 Å². The summed E-state index contributed by atoms with van der Waals surface area (Å²) in [5.41, 5.74) is 3.66. The molecule has 0 aliphatic heterocycles. The van der Waals surface area contributed by atoms with Gasteiger partial charge in [0.25, 0.3) is 5.91 Å². The van der Waals surface area contributed by atoms with Gasteiger partial charge < -0.3 is 10.1 Å². The summed E-state index contributed by atoms with van der Waals surface area (Å²) in [6, 6.07) is 17.1. The van der Waals surface area contributed by atoms with E-state index in [1.807, 2.05) is 55.5 Å². The topological polar surface area (TPSA) is 74.0 Å². The average Bonchev–Trinajstić information content (AvgIpc) is 3.38. The summed E-state index contributed by atoms with van der Waals surface area (Å²) in [5.74, 6) is 0.378. The lowest BCUT2D eigenvalue weighted by Crippen LogP contribution is -2.13. The number of hydrogen-bond acceptors (Lipinski definition) is 4. The molecule has 7 nitrogen and oxygen atoms in total. The smallest absolute Gasteiger partial charge is 0.276 e. The van der Waals surface area contributed by atoms with Crippen molar-refractivity contribution < 1.29 is 9.53 Å². The van der Waals surface area contributed by atoms with Crippen LogP contribution < -0.4 is 10.1 Å². The number of anilines is 1. The van der Waals surface area contributed by atoms with Gasteiger partial charge in [0, 0.05) is 6.20 Å². The maximum atomic E-state index is 12.6. The van der Waals surface area contributed by atoms with E-state index in [9.17, 15) is 4.79 Å². The van der Waals surface area contributed by atoms with Gasteiger partial charge in [-0.2, -0.15) is 10.2 Å². The van der Waals surface area contributed by atoms with Crippen molar-refractivity contribution in [2.45, 2.75) is 6.92 Å². The predicted octanol–water partition coefficient (Wildman–Crippen LogP) is 3.63. The highest BCUT2D eigenvalue weighted by Gasteiger charge is 2.14. The molecule has 1 amide bonds. The number of carbonyl (C=O) groups is 1. The highest BCUT2D eigenvalue weighted by molar-refractivity contribution is 6.02. The number of benzene rings is 2. The number of methoxy groups -OCH3 is 1. The highest BCUT2D eigenvalue weighted by atomic mass is 16.5. The Morgan fingerprint density at radius 1 is 1.07 bits per heavy atom. The Morgan fingerprint density at radius 3 is 2.68 bits per heavy atom. The second-order valence-corrected chi connectivity index (χ2v) is 6.28. The molecule has 1 N–H and O–H groups in total. The van der Waals surface area contributed by atoms with Crippen LogP contribution in [0.15, 0.2) is 73.2 Å². The molecule has 4 aromatic rings. The van der Waals surface area contributed by atoms with Gasteiger partial charge in [-0.05, 0) is 42.8 Å². The molecule has 0 bridgehead atoms. The first-order valence-corrected chi connectivity index (χ1v) is 8.76. The Kier molecular flexibility index (Phi) is 4.63. The standard InChI is InChI=1S/C21H19N5O2/c1-15-8-9-20(28-2)19(12-15)25-11-10-18(24-25)21(27)23-16-13-22-26(14-16)17-6-4-3-5-7-17/h3-14H,1-2H3,(H,23,27). The van der Waals surface area contributed by atoms with Crippen molar-refractivity contribution in [2.24, 2.45) is 0 Å². The van der Waals surface area contributed by atoms with Crippen LogP contribution in [0.25, 0.3) is 11.4 Å². The van der Waals surface area contributed by atoms with E-state index in [1.165, 1.54) is 0 Å². The van der Waals surface area contributed by atoms with Gasteiger partial charge in [-0.15, -0.1) is 0 Å². The lowest BCUT2D eigenvalue weighted by atomic mass is 10.2. The first-order chi connectivity index (χ1) is 13.6. The van der Waals surface area contributed by atoms with Gasteiger partial charge in [0.05, 0.1) is 30.9 Å². The molecule has 0 spiro atoms. The number of aryl methyl sites for hydroxylation is 1. The Labute approximate surface area is 162 Å². The Hall–Kier alpha value is -3.87. The molecule has 2 aromatic heterocycles. The van der Waals surface area contributed by atoms with E-state index in [-0.39, 0.29) is 5.91 Å². The molecule has 0 aliphatic rings. The van der Waals surface area contributed by atoms with Gasteiger partial charge in [-0.1, -0.05) is 24.3 Å². The first-order valence-electron chi connectivity index (χ1n) is 8.76. The van der Waals surface area contributed by atoms with Crippen LogP contribution in [0.1, 0.15) is 16.1 Å². The summed E-state index contributed by atoms with van der Waals surface area (Å²) in [7, 11) is 1.61. The van der Waals surface area contributed by atoms with E-state index >= 15 is 0 Å². The van der Waals surface area contributed by atoms with Crippen molar-refractivity contribution in [1.29, 1.82) is 0 Å². The van der Waals surface area contributed by atoms with E-state index in [4.69, 9.17) is 4.74 Å². The van der Waals surface area contributed by atoms with E-state index in [1.54, 1.807) is 41.1 Å². The maximum Gasteiger partial charge on any atom is 0.276 e. The van der Waals surface area contributed by atoms with Crippen LogP contribution >= 0.6 is 0 Å². The summed E-state index contributed by atoms with van der Waals surface area (Å²) in [6.45, 7) is 1.99. The number of hydrogen-bond donors (Lipinski definition) is 1. The Bertz CT molecular complexity index is 1110. The lowest BCUT2D eigenvalue weighted by molar-refractivity contribution is 0.102. The zero-order chi connectivity index (χ0) is 19.5. The van der Waals surface area contributed by atoms with Crippen molar-refractivity contribution in [2.75, 3.05) is 12.4 Å². The second-order valence-electron chi connectivity index (χ2n) is 6.28. The van der Waals surface area contributed by atoms with E-state index in [0.717, 1.165) is 16.9 Å². The minimum atomic E-state index is -0.307. The van der Waals surface area contributed by atoms with Crippen LogP contribution in [-0.2, 0) is 0 Å². The van der Waals surface area contributed by atoms with E-state index in [0.29, 0.717) is 17.1 Å². The normalized spacial score (nSPS) is 10.6. The van der Waals surface area contributed by atoms with Gasteiger partial charge in [0.2, 0.25) is 0 Å². The molecule has 4 rings (SSSR count). The molecule has 0 radical (unpaired) electrons. The van der Waals surface area contributed by atoms with Crippen LogP contribution in [-0.4, -0.2) is 32.6 Å². The summed E-state index contributed by atoms with van der Waals surface area (Å²) >= 11 is 0. The number of aromatic nitrogens is 4. The molecule has 0 saturated carbocycles. The molecule has 0 unspecified atom stereocenters. The maximum absolute atomic E-state index is 12.6. The van der Waals surface area contributed by atoms with Gasteiger partial charge >= 0.3 is 0 Å². The minimum absolute atomic E-state index is 0.302. The number of rotatable bonds is 5. The molecular weight excluding hydrogens is 354 g/mol. The van der Waals surface area contributed by atoms with Crippen LogP contribution in [0.3, 0.4) is 0 Å². The average molecular weight is 373 g/mol. The second kappa shape index (κ2) is 7.40. The van der Waals surface area contributed by atoms with Crippen LogP contribution in [0.2, 0.25) is 0 Å². The predicted molar refractivity (Wildman–Crippen MR) is 106 cm³/mol. The van der Waals surface area contributed by atoms with Gasteiger partial charge in [0.1, 0.15) is 11.4 Å². The van der Waals surface area contributed by atoms with Gasteiger partial charge in [-0.3, -0.25) is 4.79 Å². The van der Waals surface area contributed by atoms with Crippen molar-refractivity contribution in [1.82, 2.24) is 19.6 Å². The molecule has 28 heavy (non-hydrogen) atoms. The summed E-state index contributed by atoms with van der Waals surface area (Å²) < 4.78 is 8.73. The number of nitrogens with zero attached hydrogens (tertiary/aromatic N) is 4. The fourth-order valence-electron chi connectivity index (χ4n) is 2.86. The first kappa shape index (κ1) is 17.5. The van der Waals surface area contributed by atoms with Crippen molar-refractivity contribution in [3.8, 4) is 17.1 Å². The number of amides is 1. The fraction of sp³-hybridized carbons (Fsp3) is 0.0952. The van der Waals surface area contributed by atoms with Crippen molar-refractivity contribution in [3.05, 3.63) is 84.4 Å². The molecule has 7 heteroatoms. The number of nitrogens with one attached hydrogen (secondary N) is 1. The molecule has 0 atom stereocenters. The number of para-hydroxylation sites is 1. The number of ether oxygens (including phenoxy) is 1. The third-order valence-corrected chi connectivity index (χ3v) is 4.26. The summed E-state index contributed by atoms with van der Waals surface area (Å²) in [4.78, 5) is 12.6. The third-order valence-electron chi connectivity index (χ3n) is 4.26. The third kappa shape index (κ3) is 3.50. The zero-order valence-corrected chi connectivity index (χ0v) is 15.5. The molecule has 140 valence electrons. The van der Waals surface area contributed by atoms with Crippen LogP contribution in [0.4, 0.5) is 5.69 Å². The van der Waals surface area contributed by atoms with Crippen LogP contribution in [0.5, 0.6) is 5.75 Å².